The summed E-state index contributed by atoms with van der Waals surface area (Å²) < 4.78 is 10.4. The van der Waals surface area contributed by atoms with E-state index in [4.69, 9.17) is 9.26 Å². The Balaban J connectivity index is 1.59. The molecule has 0 unspecified atom stereocenters. The number of ether oxygens (including phenoxy) is 1. The van der Waals surface area contributed by atoms with E-state index in [1.807, 2.05) is 18.7 Å². The number of amides is 1. The molecule has 1 aliphatic rings. The van der Waals surface area contributed by atoms with Gasteiger partial charge in [-0.2, -0.15) is 4.98 Å². The predicted molar refractivity (Wildman–Crippen MR) is 95.0 cm³/mol. The van der Waals surface area contributed by atoms with Crippen LogP contribution in [0.1, 0.15) is 48.4 Å². The van der Waals surface area contributed by atoms with Crippen LogP contribution in [0.25, 0.3) is 0 Å². The second kappa shape index (κ2) is 8.27. The van der Waals surface area contributed by atoms with Gasteiger partial charge in [-0.05, 0) is 12.5 Å². The fourth-order valence-corrected chi connectivity index (χ4v) is 2.92. The molecule has 1 amide bonds. The number of nitrogens with zero attached hydrogens (tertiary/aromatic N) is 5. The van der Waals surface area contributed by atoms with Crippen LogP contribution in [0.15, 0.2) is 22.9 Å². The van der Waals surface area contributed by atoms with Crippen molar-refractivity contribution in [1.82, 2.24) is 24.9 Å². The van der Waals surface area contributed by atoms with Gasteiger partial charge in [-0.3, -0.25) is 14.7 Å². The molecule has 140 valence electrons. The van der Waals surface area contributed by atoms with Crippen molar-refractivity contribution in [3.05, 3.63) is 35.7 Å². The minimum absolute atomic E-state index is 0.0626. The van der Waals surface area contributed by atoms with Crippen LogP contribution in [0.3, 0.4) is 0 Å². The molecule has 0 radical (unpaired) electrons. The number of hydrogen-bond donors (Lipinski definition) is 0. The maximum Gasteiger partial charge on any atom is 0.272 e. The van der Waals surface area contributed by atoms with Gasteiger partial charge in [-0.1, -0.05) is 19.0 Å². The Bertz CT molecular complexity index is 746. The summed E-state index contributed by atoms with van der Waals surface area (Å²) in [6, 6.07) is 3.41. The molecule has 0 aliphatic carbocycles. The smallest absolute Gasteiger partial charge is 0.272 e. The standard InChI is InChI=1S/C18H25N5O3/c1-13(2)17-20-16(21-26-17)12-22-7-4-8-23(10-9-22)18(24)15-11-14(25-3)5-6-19-15/h5-6,11,13H,4,7-10,12H2,1-3H3. The molecular formula is C18H25N5O3. The number of pyridine rings is 1. The zero-order valence-electron chi connectivity index (χ0n) is 15.5. The molecular weight excluding hydrogens is 334 g/mol. The van der Waals surface area contributed by atoms with Crippen LogP contribution in [0.4, 0.5) is 0 Å². The van der Waals surface area contributed by atoms with Gasteiger partial charge in [0.05, 0.1) is 13.7 Å². The summed E-state index contributed by atoms with van der Waals surface area (Å²) in [7, 11) is 1.58. The van der Waals surface area contributed by atoms with Gasteiger partial charge in [0.1, 0.15) is 11.4 Å². The monoisotopic (exact) mass is 359 g/mol. The van der Waals surface area contributed by atoms with Crippen LogP contribution in [-0.2, 0) is 6.54 Å². The zero-order chi connectivity index (χ0) is 18.5. The number of methoxy groups -OCH3 is 1. The highest BCUT2D eigenvalue weighted by molar-refractivity contribution is 5.92. The third-order valence-corrected chi connectivity index (χ3v) is 4.40. The van der Waals surface area contributed by atoms with Crippen molar-refractivity contribution in [2.24, 2.45) is 0 Å². The van der Waals surface area contributed by atoms with Crippen LogP contribution >= 0.6 is 0 Å². The van der Waals surface area contributed by atoms with E-state index in [0.717, 1.165) is 19.5 Å². The summed E-state index contributed by atoms with van der Waals surface area (Å²) in [5.74, 6) is 2.16. The van der Waals surface area contributed by atoms with Crippen LogP contribution in [0, 0.1) is 0 Å². The van der Waals surface area contributed by atoms with Gasteiger partial charge in [0.25, 0.3) is 5.91 Å². The normalized spacial score (nSPS) is 15.9. The largest absolute Gasteiger partial charge is 0.497 e. The maximum absolute atomic E-state index is 12.7. The van der Waals surface area contributed by atoms with Gasteiger partial charge in [0.2, 0.25) is 5.89 Å². The van der Waals surface area contributed by atoms with Crippen molar-refractivity contribution in [3.8, 4) is 5.75 Å². The molecule has 1 fully saturated rings. The minimum Gasteiger partial charge on any atom is -0.497 e. The van der Waals surface area contributed by atoms with E-state index >= 15 is 0 Å². The van der Waals surface area contributed by atoms with E-state index < -0.39 is 0 Å². The molecule has 1 aliphatic heterocycles. The fourth-order valence-electron chi connectivity index (χ4n) is 2.92. The SMILES string of the molecule is COc1ccnc(C(=O)N2CCCN(Cc3noc(C(C)C)n3)CC2)c1. The van der Waals surface area contributed by atoms with Crippen LogP contribution in [0.2, 0.25) is 0 Å². The van der Waals surface area contributed by atoms with Crippen molar-refractivity contribution < 1.29 is 14.1 Å². The highest BCUT2D eigenvalue weighted by atomic mass is 16.5. The van der Waals surface area contributed by atoms with Crippen LogP contribution in [0.5, 0.6) is 5.75 Å². The third kappa shape index (κ3) is 4.37. The predicted octanol–water partition coefficient (Wildman–Crippen LogP) is 1.94. The van der Waals surface area contributed by atoms with Gasteiger partial charge < -0.3 is 14.2 Å². The lowest BCUT2D eigenvalue weighted by molar-refractivity contribution is 0.0754. The quantitative estimate of drug-likeness (QED) is 0.806. The molecule has 3 rings (SSSR count). The summed E-state index contributed by atoms with van der Waals surface area (Å²) in [4.78, 5) is 25.4. The zero-order valence-corrected chi connectivity index (χ0v) is 15.5. The van der Waals surface area contributed by atoms with E-state index in [2.05, 4.69) is 20.0 Å². The highest BCUT2D eigenvalue weighted by Gasteiger charge is 2.22. The topological polar surface area (TPSA) is 84.6 Å². The lowest BCUT2D eigenvalue weighted by atomic mass is 10.2. The molecule has 2 aromatic heterocycles. The molecule has 3 heterocycles. The number of hydrogen-bond acceptors (Lipinski definition) is 7. The van der Waals surface area contributed by atoms with Crippen LogP contribution < -0.4 is 4.74 Å². The Morgan fingerprint density at radius 3 is 2.88 bits per heavy atom. The molecule has 0 atom stereocenters. The second-order valence-corrected chi connectivity index (χ2v) is 6.71. The molecule has 0 bridgehead atoms. The molecule has 0 N–H and O–H groups in total. The Kier molecular flexibility index (Phi) is 5.82. The average Bonchev–Trinajstić information content (AvgIpc) is 3.00. The minimum atomic E-state index is -0.0626. The second-order valence-electron chi connectivity index (χ2n) is 6.71. The number of aromatic nitrogens is 3. The molecule has 26 heavy (non-hydrogen) atoms. The summed E-state index contributed by atoms with van der Waals surface area (Å²) in [6.07, 6.45) is 2.49. The first-order valence-corrected chi connectivity index (χ1v) is 8.91. The molecule has 1 saturated heterocycles. The molecule has 8 nitrogen and oxygen atoms in total. The summed E-state index contributed by atoms with van der Waals surface area (Å²) in [6.45, 7) is 7.70. The molecule has 8 heteroatoms. The Morgan fingerprint density at radius 2 is 2.15 bits per heavy atom. The summed E-state index contributed by atoms with van der Waals surface area (Å²) in [5, 5.41) is 4.05. The third-order valence-electron chi connectivity index (χ3n) is 4.40. The van der Waals surface area contributed by atoms with Gasteiger partial charge in [-0.15, -0.1) is 0 Å². The van der Waals surface area contributed by atoms with E-state index in [9.17, 15) is 4.79 Å². The van der Waals surface area contributed by atoms with Gasteiger partial charge >= 0.3 is 0 Å². The summed E-state index contributed by atoms with van der Waals surface area (Å²) in [5.41, 5.74) is 0.414. The van der Waals surface area contributed by atoms with Crippen molar-refractivity contribution in [2.45, 2.75) is 32.7 Å². The molecule has 2 aromatic rings. The lowest BCUT2D eigenvalue weighted by Crippen LogP contribution is -2.35. The molecule has 0 aromatic carbocycles. The molecule has 0 spiro atoms. The van der Waals surface area contributed by atoms with Gasteiger partial charge in [0.15, 0.2) is 5.82 Å². The van der Waals surface area contributed by atoms with Crippen molar-refractivity contribution >= 4 is 5.91 Å². The average molecular weight is 359 g/mol. The number of rotatable bonds is 5. The summed E-state index contributed by atoms with van der Waals surface area (Å²) >= 11 is 0. The fraction of sp³-hybridized carbons (Fsp3) is 0.556. The van der Waals surface area contributed by atoms with E-state index in [1.165, 1.54) is 0 Å². The Labute approximate surface area is 153 Å². The van der Waals surface area contributed by atoms with E-state index in [-0.39, 0.29) is 11.8 Å². The first-order valence-electron chi connectivity index (χ1n) is 8.91. The highest BCUT2D eigenvalue weighted by Crippen LogP contribution is 2.15. The first kappa shape index (κ1) is 18.3. The maximum atomic E-state index is 12.7. The Hall–Kier alpha value is -2.48. The van der Waals surface area contributed by atoms with Gasteiger partial charge in [-0.25, -0.2) is 0 Å². The van der Waals surface area contributed by atoms with Crippen LogP contribution in [-0.4, -0.2) is 64.1 Å². The van der Waals surface area contributed by atoms with E-state index in [0.29, 0.717) is 42.8 Å². The van der Waals surface area contributed by atoms with Crippen molar-refractivity contribution in [1.29, 1.82) is 0 Å². The molecule has 0 saturated carbocycles. The number of carbonyl (C=O) groups excluding carboxylic acids is 1. The first-order chi connectivity index (χ1) is 12.6. The van der Waals surface area contributed by atoms with Crippen molar-refractivity contribution in [3.63, 3.8) is 0 Å². The lowest BCUT2D eigenvalue weighted by Gasteiger charge is -2.21. The van der Waals surface area contributed by atoms with E-state index in [1.54, 1.807) is 25.4 Å². The van der Waals surface area contributed by atoms with Gasteiger partial charge in [0, 0.05) is 44.4 Å². The number of carbonyl (C=O) groups is 1. The Morgan fingerprint density at radius 1 is 1.31 bits per heavy atom. The van der Waals surface area contributed by atoms with Crippen molar-refractivity contribution in [2.75, 3.05) is 33.3 Å².